The molecule has 0 spiro atoms. The highest BCUT2D eigenvalue weighted by Gasteiger charge is 2.33. The van der Waals surface area contributed by atoms with Crippen LogP contribution in [0.3, 0.4) is 0 Å². The summed E-state index contributed by atoms with van der Waals surface area (Å²) in [5, 5.41) is 44.1. The molecule has 330 valence electrons. The summed E-state index contributed by atoms with van der Waals surface area (Å²) in [6.45, 7) is 0. The average Bonchev–Trinajstić information content (AvgIpc) is 3.19. The van der Waals surface area contributed by atoms with Gasteiger partial charge < -0.3 is 47.2 Å². The summed E-state index contributed by atoms with van der Waals surface area (Å²) in [5.74, 6) is -3.72. The van der Waals surface area contributed by atoms with Gasteiger partial charge in [-0.1, -0.05) is 31.4 Å². The maximum atomic E-state index is 13.2. The van der Waals surface area contributed by atoms with Crippen molar-refractivity contribution >= 4 is 80.4 Å². The van der Waals surface area contributed by atoms with E-state index in [1.54, 1.807) is 6.07 Å². The first-order valence-corrected chi connectivity index (χ1v) is 19.4. The van der Waals surface area contributed by atoms with Crippen molar-refractivity contribution in [2.45, 2.75) is 50.5 Å². The van der Waals surface area contributed by atoms with Gasteiger partial charge in [-0.3, -0.25) is 0 Å². The molecular weight excluding hydrogens is 892 g/mol. The number of phenols is 3. The number of benzene rings is 5. The van der Waals surface area contributed by atoms with Crippen LogP contribution in [0.1, 0.15) is 43.2 Å². The Morgan fingerprint density at radius 2 is 0.887 bits per heavy atom. The van der Waals surface area contributed by atoms with E-state index in [0.717, 1.165) is 55.3 Å². The second-order valence-corrected chi connectivity index (χ2v) is 14.4. The number of anilines is 5. The van der Waals surface area contributed by atoms with E-state index in [9.17, 15) is 39.5 Å². The Balaban J connectivity index is 0.000000206. The fraction of sp³-hybridized carbons (Fsp3) is 0.195. The van der Waals surface area contributed by atoms with Gasteiger partial charge in [0.25, 0.3) is 0 Å². The quantitative estimate of drug-likeness (QED) is 0.0456. The molecule has 0 saturated heterocycles. The van der Waals surface area contributed by atoms with Crippen LogP contribution in [0.25, 0.3) is 0 Å². The second-order valence-electron chi connectivity index (χ2n) is 13.2. The van der Waals surface area contributed by atoms with E-state index < -0.39 is 52.4 Å². The first-order valence-electron chi connectivity index (χ1n) is 18.2. The van der Waals surface area contributed by atoms with Crippen molar-refractivity contribution in [1.82, 2.24) is 5.32 Å². The third-order valence-electron chi connectivity index (χ3n) is 8.51. The molecule has 1 fully saturated rings. The number of rotatable bonds is 6. The Morgan fingerprint density at radius 1 is 0.484 bits per heavy atom. The van der Waals surface area contributed by atoms with E-state index in [-0.39, 0.29) is 27.3 Å². The second kappa shape index (κ2) is 22.2. The summed E-state index contributed by atoms with van der Waals surface area (Å²) in [6.07, 6.45) is -2.91. The number of nitrogens with one attached hydrogen (secondary N) is 6. The van der Waals surface area contributed by atoms with Crippen molar-refractivity contribution in [2.75, 3.05) is 26.6 Å². The first kappa shape index (κ1) is 48.6. The molecule has 0 aromatic heterocycles. The SMILES string of the molecule is Oc1ccc(NC(=S)NC2CCCCC2)cc1F.Oc1ccc(NC(=S)Nc2ccc(C(F)(F)F)cc2)cc1F.Oc1ccc(NC(=S)Nc2ccccc2C(F)(F)F)cc1F. The van der Waals surface area contributed by atoms with Gasteiger partial charge >= 0.3 is 12.4 Å². The van der Waals surface area contributed by atoms with Gasteiger partial charge in [0.15, 0.2) is 50.0 Å². The zero-order valence-electron chi connectivity index (χ0n) is 31.9. The summed E-state index contributed by atoms with van der Waals surface area (Å²) >= 11 is 15.1. The number of thiocarbonyl (C=S) groups is 3. The zero-order valence-corrected chi connectivity index (χ0v) is 34.3. The Bertz CT molecular complexity index is 2330. The largest absolute Gasteiger partial charge is 0.505 e. The molecule has 9 N–H and O–H groups in total. The molecule has 6 rings (SSSR count). The minimum absolute atomic E-state index is 0.0739. The number of halogens is 9. The average molecular weight is 929 g/mol. The van der Waals surface area contributed by atoms with E-state index in [1.807, 2.05) is 0 Å². The predicted octanol–water partition coefficient (Wildman–Crippen LogP) is 11.9. The maximum absolute atomic E-state index is 13.2. The molecule has 0 atom stereocenters. The summed E-state index contributed by atoms with van der Waals surface area (Å²) in [7, 11) is 0. The fourth-order valence-electron chi connectivity index (χ4n) is 5.51. The molecule has 0 radical (unpaired) electrons. The molecule has 1 aliphatic carbocycles. The monoisotopic (exact) mass is 928 g/mol. The lowest BCUT2D eigenvalue weighted by Gasteiger charge is -2.24. The van der Waals surface area contributed by atoms with E-state index >= 15 is 0 Å². The van der Waals surface area contributed by atoms with Crippen LogP contribution >= 0.6 is 36.7 Å². The van der Waals surface area contributed by atoms with Crippen molar-refractivity contribution in [3.8, 4) is 17.2 Å². The molecule has 0 amide bonds. The highest BCUT2D eigenvalue weighted by Crippen LogP contribution is 2.35. The lowest BCUT2D eigenvalue weighted by Crippen LogP contribution is -2.38. The van der Waals surface area contributed by atoms with Crippen LogP contribution in [0.5, 0.6) is 17.2 Å². The van der Waals surface area contributed by atoms with Gasteiger partial charge in [0.1, 0.15) is 0 Å². The highest BCUT2D eigenvalue weighted by atomic mass is 32.1. The third kappa shape index (κ3) is 15.8. The summed E-state index contributed by atoms with van der Waals surface area (Å²) in [6, 6.07) is 20.7. The Hall–Kier alpha value is -6.06. The first-order chi connectivity index (χ1) is 29.2. The Kier molecular flexibility index (Phi) is 17.4. The van der Waals surface area contributed by atoms with Gasteiger partial charge in [0.05, 0.1) is 16.8 Å². The van der Waals surface area contributed by atoms with Gasteiger partial charge in [0.2, 0.25) is 0 Å². The van der Waals surface area contributed by atoms with Crippen molar-refractivity contribution in [3.05, 3.63) is 132 Å². The minimum Gasteiger partial charge on any atom is -0.505 e. The van der Waals surface area contributed by atoms with Crippen molar-refractivity contribution < 1.29 is 54.8 Å². The van der Waals surface area contributed by atoms with Crippen LogP contribution in [0, 0.1) is 17.5 Å². The molecule has 5 aromatic carbocycles. The number of hydrogen-bond acceptors (Lipinski definition) is 6. The van der Waals surface area contributed by atoms with E-state index in [0.29, 0.717) is 28.2 Å². The van der Waals surface area contributed by atoms with Crippen LogP contribution in [0.4, 0.5) is 68.0 Å². The topological polar surface area (TPSA) is 133 Å². The van der Waals surface area contributed by atoms with E-state index in [4.69, 9.17) is 52.0 Å². The van der Waals surface area contributed by atoms with Crippen LogP contribution < -0.4 is 31.9 Å². The Labute approximate surface area is 365 Å². The number of alkyl halides is 6. The third-order valence-corrected chi connectivity index (χ3v) is 9.14. The molecule has 5 aromatic rings. The number of hydrogen-bond donors (Lipinski definition) is 9. The molecule has 1 saturated carbocycles. The van der Waals surface area contributed by atoms with Crippen molar-refractivity contribution in [2.24, 2.45) is 0 Å². The lowest BCUT2D eigenvalue weighted by molar-refractivity contribution is -0.138. The van der Waals surface area contributed by atoms with Crippen LogP contribution in [-0.4, -0.2) is 36.7 Å². The highest BCUT2D eigenvalue weighted by molar-refractivity contribution is 7.81. The molecule has 62 heavy (non-hydrogen) atoms. The van der Waals surface area contributed by atoms with Gasteiger partial charge in [-0.05, 0) is 122 Å². The Morgan fingerprint density at radius 3 is 1.32 bits per heavy atom. The van der Waals surface area contributed by atoms with Crippen molar-refractivity contribution in [1.29, 1.82) is 0 Å². The normalized spacial score (nSPS) is 12.6. The number of para-hydroxylation sites is 1. The molecule has 0 heterocycles. The van der Waals surface area contributed by atoms with E-state index in [2.05, 4.69) is 31.9 Å². The standard InChI is InChI=1S/2C14H10F4N2OS.C13H17FN2OS/c15-11-7-10(5-6-12(11)21)20-13(22)19-9-3-1-8(2-4-9)14(16,17)18;15-10-7-8(5-6-12(10)21)19-13(22)20-11-4-2-1-3-9(11)14(16,17)18;14-11-8-10(6-7-12(11)17)16-13(18)15-9-4-2-1-3-5-9/h2*1-7,21H,(H2,19,20,22);6-9,17H,1-5H2,(H2,15,16,18). The molecule has 0 unspecified atom stereocenters. The minimum atomic E-state index is -4.52. The summed E-state index contributed by atoms with van der Waals surface area (Å²) in [4.78, 5) is 0. The van der Waals surface area contributed by atoms with Crippen molar-refractivity contribution in [3.63, 3.8) is 0 Å². The number of phenolic OH excluding ortho intramolecular Hbond substituents is 3. The molecule has 0 bridgehead atoms. The predicted molar refractivity (Wildman–Crippen MR) is 233 cm³/mol. The smallest absolute Gasteiger partial charge is 0.418 e. The molecule has 0 aliphatic heterocycles. The van der Waals surface area contributed by atoms with Crippen LogP contribution in [0.2, 0.25) is 0 Å². The summed E-state index contributed by atoms with van der Waals surface area (Å²) < 4.78 is 115. The molecule has 1 aliphatic rings. The maximum Gasteiger partial charge on any atom is 0.418 e. The van der Waals surface area contributed by atoms with Gasteiger partial charge in [-0.25, -0.2) is 13.2 Å². The summed E-state index contributed by atoms with van der Waals surface area (Å²) in [5.41, 5.74) is -0.472. The number of aromatic hydroxyl groups is 3. The van der Waals surface area contributed by atoms with Crippen LogP contribution in [-0.2, 0) is 12.4 Å². The van der Waals surface area contributed by atoms with Gasteiger partial charge in [-0.2, -0.15) is 26.3 Å². The molecular formula is C41H37F9N6O3S3. The fourth-order valence-corrected chi connectivity index (χ4v) is 6.26. The van der Waals surface area contributed by atoms with Gasteiger partial charge in [-0.15, -0.1) is 0 Å². The molecule has 21 heteroatoms. The van der Waals surface area contributed by atoms with Gasteiger partial charge in [0, 0.05) is 47.0 Å². The van der Waals surface area contributed by atoms with Crippen LogP contribution in [0.15, 0.2) is 103 Å². The lowest BCUT2D eigenvalue weighted by atomic mass is 9.96. The van der Waals surface area contributed by atoms with E-state index in [1.165, 1.54) is 73.9 Å². The molecule has 9 nitrogen and oxygen atoms in total. The zero-order chi connectivity index (χ0) is 45.6.